The maximum absolute atomic E-state index is 12.0. The van der Waals surface area contributed by atoms with Gasteiger partial charge in [0.25, 0.3) is 0 Å². The van der Waals surface area contributed by atoms with E-state index in [0.717, 1.165) is 19.4 Å². The van der Waals surface area contributed by atoms with Crippen LogP contribution in [0.1, 0.15) is 32.6 Å². The molecule has 5 heteroatoms. The Morgan fingerprint density at radius 2 is 2.11 bits per heavy atom. The predicted molar refractivity (Wildman–Crippen MR) is 67.0 cm³/mol. The highest BCUT2D eigenvalue weighted by Gasteiger charge is 2.28. The monoisotopic (exact) mass is 257 g/mol. The molecule has 2 atom stereocenters. The summed E-state index contributed by atoms with van der Waals surface area (Å²) in [4.78, 5) is 25.2. The normalized spacial score (nSPS) is 21.5. The van der Waals surface area contributed by atoms with Gasteiger partial charge in [-0.3, -0.25) is 9.59 Å². The van der Waals surface area contributed by atoms with Gasteiger partial charge >= 0.3 is 5.97 Å². The van der Waals surface area contributed by atoms with Gasteiger partial charge in [0, 0.05) is 26.6 Å². The van der Waals surface area contributed by atoms with Crippen molar-refractivity contribution in [2.45, 2.75) is 38.7 Å². The third kappa shape index (κ3) is 4.29. The second-order valence-corrected chi connectivity index (χ2v) is 4.79. The average Bonchev–Trinajstić information content (AvgIpc) is 2.43. The van der Waals surface area contributed by atoms with Crippen molar-refractivity contribution < 1.29 is 19.1 Å². The summed E-state index contributed by atoms with van der Waals surface area (Å²) in [5, 5.41) is 0. The standard InChI is InChI=1S/C13H23NO4/c1-10(17-2)6-7-12(15)14-8-4-5-11(9-14)13(16)18-3/h10-11H,4-9H2,1-3H3. The molecule has 0 spiro atoms. The van der Waals surface area contributed by atoms with E-state index in [9.17, 15) is 9.59 Å². The number of carbonyl (C=O) groups is 2. The van der Waals surface area contributed by atoms with Gasteiger partial charge in [-0.15, -0.1) is 0 Å². The molecule has 1 rings (SSSR count). The Bertz CT molecular complexity index is 293. The van der Waals surface area contributed by atoms with Crippen LogP contribution in [-0.4, -0.2) is 50.2 Å². The van der Waals surface area contributed by atoms with Crippen molar-refractivity contribution in [2.24, 2.45) is 5.92 Å². The van der Waals surface area contributed by atoms with Gasteiger partial charge < -0.3 is 14.4 Å². The summed E-state index contributed by atoms with van der Waals surface area (Å²) in [6.45, 7) is 3.18. The van der Waals surface area contributed by atoms with Gasteiger partial charge in [-0.05, 0) is 26.2 Å². The van der Waals surface area contributed by atoms with E-state index in [1.54, 1.807) is 12.0 Å². The van der Waals surface area contributed by atoms with Gasteiger partial charge in [0.1, 0.15) is 0 Å². The van der Waals surface area contributed by atoms with Crippen molar-refractivity contribution in [1.82, 2.24) is 4.90 Å². The first kappa shape index (κ1) is 15.0. The molecule has 0 aromatic rings. The van der Waals surface area contributed by atoms with E-state index in [-0.39, 0.29) is 23.9 Å². The molecule has 104 valence electrons. The van der Waals surface area contributed by atoms with Gasteiger partial charge in [-0.25, -0.2) is 0 Å². The third-order valence-electron chi connectivity index (χ3n) is 3.48. The molecule has 0 aromatic heterocycles. The number of piperidine rings is 1. The molecule has 1 saturated heterocycles. The highest BCUT2D eigenvalue weighted by atomic mass is 16.5. The summed E-state index contributed by atoms with van der Waals surface area (Å²) in [6, 6.07) is 0. The molecule has 0 radical (unpaired) electrons. The number of methoxy groups -OCH3 is 2. The van der Waals surface area contributed by atoms with Crippen molar-refractivity contribution in [3.63, 3.8) is 0 Å². The van der Waals surface area contributed by atoms with E-state index in [1.807, 2.05) is 6.92 Å². The topological polar surface area (TPSA) is 55.8 Å². The Morgan fingerprint density at radius 1 is 1.39 bits per heavy atom. The van der Waals surface area contributed by atoms with Crippen LogP contribution in [0.2, 0.25) is 0 Å². The van der Waals surface area contributed by atoms with E-state index >= 15 is 0 Å². The Hall–Kier alpha value is -1.10. The average molecular weight is 257 g/mol. The zero-order chi connectivity index (χ0) is 13.5. The third-order valence-corrected chi connectivity index (χ3v) is 3.48. The van der Waals surface area contributed by atoms with E-state index in [4.69, 9.17) is 9.47 Å². The number of rotatable bonds is 5. The summed E-state index contributed by atoms with van der Waals surface area (Å²) in [6.07, 6.45) is 2.96. The lowest BCUT2D eigenvalue weighted by molar-refractivity contribution is -0.149. The fourth-order valence-corrected chi connectivity index (χ4v) is 2.17. The fraction of sp³-hybridized carbons (Fsp3) is 0.846. The zero-order valence-corrected chi connectivity index (χ0v) is 11.5. The number of ether oxygens (including phenoxy) is 2. The summed E-state index contributed by atoms with van der Waals surface area (Å²) in [5.74, 6) is -0.266. The van der Waals surface area contributed by atoms with Crippen LogP contribution in [0, 0.1) is 5.92 Å². The van der Waals surface area contributed by atoms with Crippen LogP contribution >= 0.6 is 0 Å². The summed E-state index contributed by atoms with van der Waals surface area (Å²) in [7, 11) is 3.03. The summed E-state index contributed by atoms with van der Waals surface area (Å²) in [5.41, 5.74) is 0. The minimum absolute atomic E-state index is 0.0927. The van der Waals surface area contributed by atoms with Crippen LogP contribution in [0.5, 0.6) is 0 Å². The Morgan fingerprint density at radius 3 is 2.72 bits per heavy atom. The maximum Gasteiger partial charge on any atom is 0.310 e. The minimum atomic E-state index is -0.210. The van der Waals surface area contributed by atoms with Gasteiger partial charge in [-0.2, -0.15) is 0 Å². The van der Waals surface area contributed by atoms with Crippen LogP contribution in [0.25, 0.3) is 0 Å². The molecule has 0 aromatic carbocycles. The number of likely N-dealkylation sites (tertiary alicyclic amines) is 1. The molecular weight excluding hydrogens is 234 g/mol. The molecule has 18 heavy (non-hydrogen) atoms. The minimum Gasteiger partial charge on any atom is -0.469 e. The zero-order valence-electron chi connectivity index (χ0n) is 11.5. The van der Waals surface area contributed by atoms with Gasteiger partial charge in [0.2, 0.25) is 5.91 Å². The lowest BCUT2D eigenvalue weighted by atomic mass is 9.98. The molecule has 0 aliphatic carbocycles. The Labute approximate surface area is 108 Å². The maximum atomic E-state index is 12.0. The summed E-state index contributed by atoms with van der Waals surface area (Å²) >= 11 is 0. The predicted octanol–water partition coefficient (Wildman–Crippen LogP) is 1.21. The van der Waals surface area contributed by atoms with Gasteiger partial charge in [0.05, 0.1) is 19.1 Å². The van der Waals surface area contributed by atoms with Crippen molar-refractivity contribution in [2.75, 3.05) is 27.3 Å². The first-order chi connectivity index (χ1) is 8.58. The second-order valence-electron chi connectivity index (χ2n) is 4.79. The first-order valence-electron chi connectivity index (χ1n) is 6.46. The molecule has 1 aliphatic heterocycles. The van der Waals surface area contributed by atoms with Crippen molar-refractivity contribution in [3.8, 4) is 0 Å². The largest absolute Gasteiger partial charge is 0.469 e. The molecule has 0 N–H and O–H groups in total. The van der Waals surface area contributed by atoms with Crippen LogP contribution in [0.15, 0.2) is 0 Å². The number of carbonyl (C=O) groups excluding carboxylic acids is 2. The molecule has 1 fully saturated rings. The van der Waals surface area contributed by atoms with E-state index in [0.29, 0.717) is 19.4 Å². The van der Waals surface area contributed by atoms with E-state index in [1.165, 1.54) is 7.11 Å². The molecule has 0 bridgehead atoms. The molecule has 2 unspecified atom stereocenters. The number of amides is 1. The van der Waals surface area contributed by atoms with E-state index in [2.05, 4.69) is 0 Å². The molecule has 1 amide bonds. The second kappa shape index (κ2) is 7.36. The lowest BCUT2D eigenvalue weighted by Crippen LogP contribution is -2.42. The van der Waals surface area contributed by atoms with Crippen LogP contribution in [0.3, 0.4) is 0 Å². The number of nitrogens with zero attached hydrogens (tertiary/aromatic N) is 1. The first-order valence-corrected chi connectivity index (χ1v) is 6.46. The van der Waals surface area contributed by atoms with Crippen molar-refractivity contribution in [1.29, 1.82) is 0 Å². The number of esters is 1. The van der Waals surface area contributed by atoms with Crippen LogP contribution in [0.4, 0.5) is 0 Å². The number of hydrogen-bond donors (Lipinski definition) is 0. The van der Waals surface area contributed by atoms with E-state index < -0.39 is 0 Å². The SMILES string of the molecule is COC(=O)C1CCCN(C(=O)CCC(C)OC)C1. The van der Waals surface area contributed by atoms with Crippen LogP contribution in [-0.2, 0) is 19.1 Å². The van der Waals surface area contributed by atoms with Crippen molar-refractivity contribution in [3.05, 3.63) is 0 Å². The number of hydrogen-bond acceptors (Lipinski definition) is 4. The quantitative estimate of drug-likeness (QED) is 0.695. The molecule has 1 heterocycles. The molecular formula is C13H23NO4. The molecule has 5 nitrogen and oxygen atoms in total. The summed E-state index contributed by atoms with van der Waals surface area (Å²) < 4.78 is 9.86. The van der Waals surface area contributed by atoms with Gasteiger partial charge in [0.15, 0.2) is 0 Å². The lowest BCUT2D eigenvalue weighted by Gasteiger charge is -2.31. The Kier molecular flexibility index (Phi) is 6.12. The van der Waals surface area contributed by atoms with Crippen LogP contribution < -0.4 is 0 Å². The van der Waals surface area contributed by atoms with Gasteiger partial charge in [-0.1, -0.05) is 0 Å². The molecule has 0 saturated carbocycles. The van der Waals surface area contributed by atoms with Crippen molar-refractivity contribution >= 4 is 11.9 Å². The smallest absolute Gasteiger partial charge is 0.310 e. The Balaban J connectivity index is 2.41. The highest BCUT2D eigenvalue weighted by molar-refractivity contribution is 5.78. The molecule has 1 aliphatic rings. The highest BCUT2D eigenvalue weighted by Crippen LogP contribution is 2.19. The fourth-order valence-electron chi connectivity index (χ4n) is 2.17.